The van der Waals surface area contributed by atoms with Gasteiger partial charge in [-0.2, -0.15) is 13.2 Å². The van der Waals surface area contributed by atoms with Gasteiger partial charge in [0.2, 0.25) is 5.88 Å². The van der Waals surface area contributed by atoms with Crippen LogP contribution >= 0.6 is 0 Å². The molecule has 3 heterocycles. The number of nitrogens with one attached hydrogen (secondary N) is 1. The minimum Gasteiger partial charge on any atom is -0.481 e. The highest BCUT2D eigenvalue weighted by molar-refractivity contribution is 5.80. The number of alkyl halides is 3. The number of nitrogens with zero attached hydrogens (tertiary/aromatic N) is 4. The first-order chi connectivity index (χ1) is 15.2. The van der Waals surface area contributed by atoms with Gasteiger partial charge in [-0.3, -0.25) is 9.78 Å². The first-order valence-electron chi connectivity index (χ1n) is 9.64. The van der Waals surface area contributed by atoms with Gasteiger partial charge in [0.05, 0.1) is 37.7 Å². The minimum absolute atomic E-state index is 0.0458. The lowest BCUT2D eigenvalue weighted by molar-refractivity contribution is -0.174. The summed E-state index contributed by atoms with van der Waals surface area (Å²) in [7, 11) is 1.49. The summed E-state index contributed by atoms with van der Waals surface area (Å²) in [4.78, 5) is 25.7. The van der Waals surface area contributed by atoms with Crippen molar-refractivity contribution in [2.24, 2.45) is 0 Å². The molecule has 0 saturated heterocycles. The second kappa shape index (κ2) is 9.92. The zero-order valence-corrected chi connectivity index (χ0v) is 17.4. The van der Waals surface area contributed by atoms with E-state index in [0.29, 0.717) is 28.2 Å². The van der Waals surface area contributed by atoms with Crippen LogP contribution in [0.1, 0.15) is 6.92 Å². The van der Waals surface area contributed by atoms with Gasteiger partial charge in [0.15, 0.2) is 5.82 Å². The second-order valence-corrected chi connectivity index (χ2v) is 6.96. The summed E-state index contributed by atoms with van der Waals surface area (Å²) >= 11 is 0. The second-order valence-electron chi connectivity index (χ2n) is 6.96. The summed E-state index contributed by atoms with van der Waals surface area (Å²) in [6, 6.07) is 4.54. The highest BCUT2D eigenvalue weighted by atomic mass is 19.4. The van der Waals surface area contributed by atoms with Gasteiger partial charge in [-0.1, -0.05) is 0 Å². The Morgan fingerprint density at radius 3 is 2.66 bits per heavy atom. The Labute approximate surface area is 180 Å². The highest BCUT2D eigenvalue weighted by Crippen LogP contribution is 2.22. The normalized spacial score (nSPS) is 12.7. The van der Waals surface area contributed by atoms with Crippen molar-refractivity contribution in [3.63, 3.8) is 0 Å². The van der Waals surface area contributed by atoms with Gasteiger partial charge in [0.25, 0.3) is 5.56 Å². The monoisotopic (exact) mass is 453 g/mol. The number of hydrogen-bond donors (Lipinski definition) is 2. The van der Waals surface area contributed by atoms with Crippen molar-refractivity contribution in [1.82, 2.24) is 19.5 Å². The van der Waals surface area contributed by atoms with Gasteiger partial charge in [-0.25, -0.2) is 9.97 Å². The number of aromatic nitrogens is 4. The minimum atomic E-state index is -4.47. The lowest BCUT2D eigenvalue weighted by Crippen LogP contribution is -2.31. The number of hydrogen-bond acceptors (Lipinski definition) is 8. The van der Waals surface area contributed by atoms with Crippen molar-refractivity contribution in [2.75, 3.05) is 32.2 Å². The largest absolute Gasteiger partial charge is 0.481 e. The summed E-state index contributed by atoms with van der Waals surface area (Å²) in [5.74, 6) is 0.374. The highest BCUT2D eigenvalue weighted by Gasteiger charge is 2.27. The average molecular weight is 453 g/mol. The molecule has 0 saturated carbocycles. The lowest BCUT2D eigenvalue weighted by Gasteiger charge is -2.16. The van der Waals surface area contributed by atoms with Gasteiger partial charge in [-0.15, -0.1) is 0 Å². The molecule has 0 aliphatic rings. The van der Waals surface area contributed by atoms with Crippen LogP contribution in [-0.4, -0.2) is 63.8 Å². The molecule has 3 aromatic heterocycles. The van der Waals surface area contributed by atoms with Crippen LogP contribution in [0.2, 0.25) is 0 Å². The summed E-state index contributed by atoms with van der Waals surface area (Å²) in [6.45, 7) is -0.479. The molecule has 172 valence electrons. The molecule has 0 aliphatic carbocycles. The molecule has 0 aromatic carbocycles. The molecule has 2 N–H and O–H groups in total. The van der Waals surface area contributed by atoms with E-state index in [-0.39, 0.29) is 25.6 Å². The number of rotatable bonds is 9. The van der Waals surface area contributed by atoms with E-state index in [9.17, 15) is 23.1 Å². The van der Waals surface area contributed by atoms with Crippen molar-refractivity contribution in [1.29, 1.82) is 0 Å². The first kappa shape index (κ1) is 23.4. The van der Waals surface area contributed by atoms with Crippen molar-refractivity contribution >= 4 is 16.9 Å². The quantitative estimate of drug-likeness (QED) is 0.475. The van der Waals surface area contributed by atoms with Crippen LogP contribution in [0.25, 0.3) is 22.3 Å². The van der Waals surface area contributed by atoms with Crippen molar-refractivity contribution in [3.05, 3.63) is 40.9 Å². The topological polar surface area (TPSA) is 111 Å². The summed E-state index contributed by atoms with van der Waals surface area (Å²) in [5.41, 5.74) is 1.30. The Morgan fingerprint density at radius 2 is 2.03 bits per heavy atom. The van der Waals surface area contributed by atoms with E-state index in [1.54, 1.807) is 31.3 Å². The van der Waals surface area contributed by atoms with E-state index in [2.05, 4.69) is 25.0 Å². The van der Waals surface area contributed by atoms with Crippen LogP contribution in [-0.2, 0) is 11.3 Å². The Morgan fingerprint density at radius 1 is 1.25 bits per heavy atom. The van der Waals surface area contributed by atoms with Crippen LogP contribution in [0.3, 0.4) is 0 Å². The third kappa shape index (κ3) is 5.71. The number of aliphatic hydroxyl groups excluding tert-OH is 1. The average Bonchev–Trinajstić information content (AvgIpc) is 2.77. The van der Waals surface area contributed by atoms with E-state index in [1.165, 1.54) is 17.9 Å². The molecule has 0 bridgehead atoms. The van der Waals surface area contributed by atoms with Crippen molar-refractivity contribution in [2.45, 2.75) is 25.7 Å². The van der Waals surface area contributed by atoms with Crippen LogP contribution < -0.4 is 15.6 Å². The molecule has 9 nitrogen and oxygen atoms in total. The molecule has 0 amide bonds. The van der Waals surface area contributed by atoms with E-state index in [4.69, 9.17) is 4.74 Å². The Hall–Kier alpha value is -3.25. The van der Waals surface area contributed by atoms with Gasteiger partial charge in [0, 0.05) is 30.4 Å². The van der Waals surface area contributed by atoms with Crippen LogP contribution in [0.5, 0.6) is 5.88 Å². The van der Waals surface area contributed by atoms with Gasteiger partial charge in [0.1, 0.15) is 12.1 Å². The SMILES string of the molecule is COc1ccc(-c2cc3c(cn2)nc(N[C@@H](C)CO)c(=O)n3CCOCC(F)(F)F)cn1. The molecule has 0 fully saturated rings. The van der Waals surface area contributed by atoms with E-state index >= 15 is 0 Å². The molecule has 1 atom stereocenters. The maximum atomic E-state index is 13.0. The van der Waals surface area contributed by atoms with Gasteiger partial charge in [-0.05, 0) is 19.1 Å². The molecular formula is C20H22F3N5O4. The van der Waals surface area contributed by atoms with E-state index in [1.807, 2.05) is 0 Å². The standard InChI is InChI=1S/C20H22F3N5O4/c1-12(10-29)26-18-19(30)28(5-6-32-11-20(21,22)23)16-7-14(24-9-15(16)27-18)13-3-4-17(31-2)25-8-13/h3-4,7-9,12,29H,5-6,10-11H2,1-2H3,(H,26,27)/t12-/m0/s1. The molecule has 0 spiro atoms. The zero-order valence-electron chi connectivity index (χ0n) is 17.4. The predicted molar refractivity (Wildman–Crippen MR) is 111 cm³/mol. The number of anilines is 1. The third-order valence-electron chi connectivity index (χ3n) is 4.46. The molecule has 0 aliphatic heterocycles. The van der Waals surface area contributed by atoms with Crippen LogP contribution in [0.4, 0.5) is 19.0 Å². The summed E-state index contributed by atoms with van der Waals surface area (Å²) < 4.78 is 48.2. The van der Waals surface area contributed by atoms with E-state index in [0.717, 1.165) is 0 Å². The van der Waals surface area contributed by atoms with Crippen molar-refractivity contribution < 1.29 is 27.8 Å². The molecule has 0 radical (unpaired) electrons. The summed E-state index contributed by atoms with van der Waals surface area (Å²) in [5, 5.41) is 12.1. The van der Waals surface area contributed by atoms with Crippen LogP contribution in [0.15, 0.2) is 35.4 Å². The number of ether oxygens (including phenoxy) is 2. The van der Waals surface area contributed by atoms with Crippen molar-refractivity contribution in [3.8, 4) is 17.1 Å². The molecule has 3 aromatic rings. The molecule has 3 rings (SSSR count). The molecule has 32 heavy (non-hydrogen) atoms. The Balaban J connectivity index is 2.02. The van der Waals surface area contributed by atoms with Gasteiger partial charge >= 0.3 is 6.18 Å². The maximum absolute atomic E-state index is 13.0. The Kier molecular flexibility index (Phi) is 7.26. The fraction of sp³-hybridized carbons (Fsp3) is 0.400. The number of pyridine rings is 2. The fourth-order valence-electron chi connectivity index (χ4n) is 2.89. The fourth-order valence-corrected chi connectivity index (χ4v) is 2.89. The first-order valence-corrected chi connectivity index (χ1v) is 9.64. The summed E-state index contributed by atoms with van der Waals surface area (Å²) in [6.07, 6.45) is -1.46. The zero-order chi connectivity index (χ0) is 23.3. The predicted octanol–water partition coefficient (Wildman–Crippen LogP) is 2.23. The molecular weight excluding hydrogens is 431 g/mol. The number of aliphatic hydroxyl groups is 1. The maximum Gasteiger partial charge on any atom is 0.411 e. The van der Waals surface area contributed by atoms with Crippen LogP contribution in [0, 0.1) is 0 Å². The third-order valence-corrected chi connectivity index (χ3v) is 4.46. The number of halogens is 3. The lowest BCUT2D eigenvalue weighted by atomic mass is 10.2. The molecule has 12 heteroatoms. The Bertz CT molecular complexity index is 1120. The molecule has 0 unspecified atom stereocenters. The van der Waals surface area contributed by atoms with Gasteiger partial charge < -0.3 is 24.5 Å². The smallest absolute Gasteiger partial charge is 0.411 e. The number of fused-ring (bicyclic) bond motifs is 1. The number of methoxy groups -OCH3 is 1. The van der Waals surface area contributed by atoms with E-state index < -0.39 is 24.4 Å².